The lowest BCUT2D eigenvalue weighted by Crippen LogP contribution is -2.44. The molecule has 2 aromatic rings. The van der Waals surface area contributed by atoms with Gasteiger partial charge in [-0.2, -0.15) is 0 Å². The average Bonchev–Trinajstić information content (AvgIpc) is 3.26. The molecule has 2 atom stereocenters. The summed E-state index contributed by atoms with van der Waals surface area (Å²) in [6, 6.07) is 7.44. The molecule has 4 rings (SSSR count). The van der Waals surface area contributed by atoms with Crippen molar-refractivity contribution < 1.29 is 28.2 Å². The van der Waals surface area contributed by atoms with Gasteiger partial charge in [0.15, 0.2) is 0 Å². The Hall–Kier alpha value is -3.49. The van der Waals surface area contributed by atoms with E-state index in [1.807, 2.05) is 0 Å². The molecule has 1 N–H and O–H groups in total. The number of carbonyl (C=O) groups excluding carboxylic acids is 3. The lowest BCUT2D eigenvalue weighted by atomic mass is 10.1. The molecule has 1 fully saturated rings. The molecule has 8 nitrogen and oxygen atoms in total. The van der Waals surface area contributed by atoms with Crippen molar-refractivity contribution in [1.29, 1.82) is 0 Å². The molecule has 1 aliphatic carbocycles. The second kappa shape index (κ2) is 8.80. The quantitative estimate of drug-likeness (QED) is 0.688. The van der Waals surface area contributed by atoms with Crippen LogP contribution in [0.2, 0.25) is 0 Å². The molecule has 2 heterocycles. The minimum absolute atomic E-state index is 0.121. The Balaban J connectivity index is 1.50. The van der Waals surface area contributed by atoms with Crippen molar-refractivity contribution in [3.63, 3.8) is 0 Å². The SMILES string of the molecule is CC(C)(C)OC(=O)NC1CCCC1Oc1ncc(F)cc1CN1C(=O)c2ccccc2C1=O. The smallest absolute Gasteiger partial charge is 0.408 e. The highest BCUT2D eigenvalue weighted by Gasteiger charge is 2.37. The van der Waals surface area contributed by atoms with Crippen molar-refractivity contribution in [1.82, 2.24) is 15.2 Å². The molecule has 9 heteroatoms. The second-order valence-corrected chi connectivity index (χ2v) is 9.20. The molecule has 1 saturated carbocycles. The Labute approximate surface area is 191 Å². The summed E-state index contributed by atoms with van der Waals surface area (Å²) in [5, 5.41) is 2.83. The van der Waals surface area contributed by atoms with E-state index in [0.29, 0.717) is 24.0 Å². The highest BCUT2D eigenvalue weighted by molar-refractivity contribution is 6.21. The zero-order valence-electron chi connectivity index (χ0n) is 18.8. The molecule has 3 amide bonds. The van der Waals surface area contributed by atoms with E-state index in [9.17, 15) is 18.8 Å². The van der Waals surface area contributed by atoms with Gasteiger partial charge in [-0.05, 0) is 58.2 Å². The van der Waals surface area contributed by atoms with Crippen molar-refractivity contribution in [3.8, 4) is 5.88 Å². The lowest BCUT2D eigenvalue weighted by Gasteiger charge is -2.26. The molecule has 0 bridgehead atoms. The molecule has 1 aromatic carbocycles. The number of halogens is 1. The molecule has 0 saturated heterocycles. The third-order valence-corrected chi connectivity index (χ3v) is 5.52. The third-order valence-electron chi connectivity index (χ3n) is 5.52. The van der Waals surface area contributed by atoms with Gasteiger partial charge >= 0.3 is 6.09 Å². The monoisotopic (exact) mass is 455 g/mol. The maximum atomic E-state index is 14.0. The van der Waals surface area contributed by atoms with Crippen LogP contribution in [0.25, 0.3) is 0 Å². The zero-order valence-corrected chi connectivity index (χ0v) is 18.8. The Kier molecular flexibility index (Phi) is 6.05. The number of alkyl carbamates (subject to hydrolysis) is 1. The van der Waals surface area contributed by atoms with E-state index in [4.69, 9.17) is 9.47 Å². The predicted octanol–water partition coefficient (Wildman–Crippen LogP) is 3.84. The predicted molar refractivity (Wildman–Crippen MR) is 116 cm³/mol. The van der Waals surface area contributed by atoms with E-state index >= 15 is 0 Å². The second-order valence-electron chi connectivity index (χ2n) is 9.20. The van der Waals surface area contributed by atoms with Crippen LogP contribution < -0.4 is 10.1 Å². The molecule has 1 aliphatic heterocycles. The van der Waals surface area contributed by atoms with E-state index < -0.39 is 35.4 Å². The summed E-state index contributed by atoms with van der Waals surface area (Å²) in [6.07, 6.45) is 2.25. The van der Waals surface area contributed by atoms with E-state index in [2.05, 4.69) is 10.3 Å². The van der Waals surface area contributed by atoms with Crippen LogP contribution in [-0.2, 0) is 11.3 Å². The largest absolute Gasteiger partial charge is 0.472 e. The van der Waals surface area contributed by atoms with Gasteiger partial charge in [0.05, 0.1) is 29.9 Å². The number of imide groups is 1. The molecule has 2 unspecified atom stereocenters. The number of benzene rings is 1. The van der Waals surface area contributed by atoms with Gasteiger partial charge in [0, 0.05) is 5.56 Å². The summed E-state index contributed by atoms with van der Waals surface area (Å²) in [7, 11) is 0. The van der Waals surface area contributed by atoms with Gasteiger partial charge in [0.1, 0.15) is 17.5 Å². The van der Waals surface area contributed by atoms with Gasteiger partial charge in [-0.1, -0.05) is 12.1 Å². The van der Waals surface area contributed by atoms with E-state index in [-0.39, 0.29) is 24.0 Å². The van der Waals surface area contributed by atoms with Crippen molar-refractivity contribution >= 4 is 17.9 Å². The van der Waals surface area contributed by atoms with Gasteiger partial charge in [-0.25, -0.2) is 14.2 Å². The van der Waals surface area contributed by atoms with Crippen molar-refractivity contribution in [2.24, 2.45) is 0 Å². The fourth-order valence-electron chi connectivity index (χ4n) is 4.08. The van der Waals surface area contributed by atoms with E-state index in [0.717, 1.165) is 17.5 Å². The fourth-order valence-corrected chi connectivity index (χ4v) is 4.08. The van der Waals surface area contributed by atoms with Gasteiger partial charge < -0.3 is 14.8 Å². The first-order chi connectivity index (χ1) is 15.6. The van der Waals surface area contributed by atoms with Crippen molar-refractivity contribution in [3.05, 3.63) is 59.0 Å². The number of nitrogens with zero attached hydrogens (tertiary/aromatic N) is 2. The third kappa shape index (κ3) is 4.97. The average molecular weight is 455 g/mol. The number of nitrogens with one attached hydrogen (secondary N) is 1. The molecule has 1 aromatic heterocycles. The number of hydrogen-bond donors (Lipinski definition) is 1. The Morgan fingerprint density at radius 1 is 1.18 bits per heavy atom. The molecule has 0 radical (unpaired) electrons. The first-order valence-corrected chi connectivity index (χ1v) is 10.9. The number of ether oxygens (including phenoxy) is 2. The summed E-state index contributed by atoms with van der Waals surface area (Å²) in [5.74, 6) is -1.38. The Bertz CT molecular complexity index is 1060. The first-order valence-electron chi connectivity index (χ1n) is 10.9. The highest BCUT2D eigenvalue weighted by Crippen LogP contribution is 2.30. The lowest BCUT2D eigenvalue weighted by molar-refractivity contribution is 0.0458. The Morgan fingerprint density at radius 3 is 2.48 bits per heavy atom. The van der Waals surface area contributed by atoms with Crippen LogP contribution in [-0.4, -0.2) is 45.5 Å². The maximum absolute atomic E-state index is 14.0. The number of carbonyl (C=O) groups is 3. The topological polar surface area (TPSA) is 97.8 Å². The van der Waals surface area contributed by atoms with Crippen LogP contribution in [0.15, 0.2) is 36.5 Å². The Morgan fingerprint density at radius 2 is 1.85 bits per heavy atom. The van der Waals surface area contributed by atoms with Crippen molar-refractivity contribution in [2.45, 2.75) is 64.3 Å². The van der Waals surface area contributed by atoms with Gasteiger partial charge in [-0.15, -0.1) is 0 Å². The van der Waals surface area contributed by atoms with Crippen LogP contribution >= 0.6 is 0 Å². The van der Waals surface area contributed by atoms with Gasteiger partial charge in [0.2, 0.25) is 5.88 Å². The minimum Gasteiger partial charge on any atom is -0.472 e. The van der Waals surface area contributed by atoms with E-state index in [1.165, 1.54) is 6.07 Å². The van der Waals surface area contributed by atoms with Crippen LogP contribution in [0.5, 0.6) is 5.88 Å². The van der Waals surface area contributed by atoms with Crippen LogP contribution in [0.3, 0.4) is 0 Å². The molecular formula is C24H26FN3O5. The molecule has 0 spiro atoms. The highest BCUT2D eigenvalue weighted by atomic mass is 19.1. The van der Waals surface area contributed by atoms with E-state index in [1.54, 1.807) is 45.0 Å². The molecule has 2 aliphatic rings. The molecule has 33 heavy (non-hydrogen) atoms. The number of amides is 3. The number of pyridine rings is 1. The minimum atomic E-state index is -0.628. The summed E-state index contributed by atoms with van der Waals surface area (Å²) < 4.78 is 25.4. The normalized spacial score (nSPS) is 20.1. The van der Waals surface area contributed by atoms with Gasteiger partial charge in [-0.3, -0.25) is 14.5 Å². The van der Waals surface area contributed by atoms with Gasteiger partial charge in [0.25, 0.3) is 11.8 Å². The summed E-state index contributed by atoms with van der Waals surface area (Å²) >= 11 is 0. The molecule has 174 valence electrons. The first kappa shape index (κ1) is 22.7. The number of hydrogen-bond acceptors (Lipinski definition) is 6. The molecular weight excluding hydrogens is 429 g/mol. The summed E-state index contributed by atoms with van der Waals surface area (Å²) in [6.45, 7) is 5.17. The van der Waals surface area contributed by atoms with Crippen LogP contribution in [0.4, 0.5) is 9.18 Å². The zero-order chi connectivity index (χ0) is 23.8. The number of rotatable bonds is 5. The number of aromatic nitrogens is 1. The van der Waals surface area contributed by atoms with Crippen LogP contribution in [0.1, 0.15) is 66.3 Å². The number of fused-ring (bicyclic) bond motifs is 1. The summed E-state index contributed by atoms with van der Waals surface area (Å²) in [4.78, 5) is 42.8. The van der Waals surface area contributed by atoms with Crippen LogP contribution in [0, 0.1) is 5.82 Å². The standard InChI is InChI=1S/C24H26FN3O5/c1-24(2,3)33-23(31)27-18-9-6-10-19(18)32-20-14(11-15(25)12-26-20)13-28-21(29)16-7-4-5-8-17(16)22(28)30/h4-5,7-8,11-12,18-19H,6,9-10,13H2,1-3H3,(H,27,31). The fraction of sp³-hybridized carbons (Fsp3) is 0.417. The maximum Gasteiger partial charge on any atom is 0.408 e. The summed E-state index contributed by atoms with van der Waals surface area (Å²) in [5.41, 5.74) is 0.266. The van der Waals surface area contributed by atoms with Crippen molar-refractivity contribution in [2.75, 3.05) is 0 Å².